The second-order valence-corrected chi connectivity index (χ2v) is 5.92. The van der Waals surface area contributed by atoms with Gasteiger partial charge in [0, 0.05) is 43.9 Å². The summed E-state index contributed by atoms with van der Waals surface area (Å²) in [5, 5.41) is 0. The molecule has 2 aliphatic rings. The third-order valence-electron chi connectivity index (χ3n) is 4.35. The summed E-state index contributed by atoms with van der Waals surface area (Å²) in [5.41, 5.74) is 6.59. The number of ether oxygens (including phenoxy) is 1. The maximum Gasteiger partial charge on any atom is 0.225 e. The van der Waals surface area contributed by atoms with E-state index < -0.39 is 0 Å². The number of piperidine rings is 1. The van der Waals surface area contributed by atoms with Gasteiger partial charge in [0.1, 0.15) is 5.82 Å². The van der Waals surface area contributed by atoms with Crippen LogP contribution >= 0.6 is 0 Å². The van der Waals surface area contributed by atoms with Gasteiger partial charge >= 0.3 is 0 Å². The first kappa shape index (κ1) is 15.0. The Morgan fingerprint density at radius 3 is 2.55 bits per heavy atom. The van der Waals surface area contributed by atoms with E-state index in [4.69, 9.17) is 10.5 Å². The molecule has 3 rings (SSSR count). The van der Waals surface area contributed by atoms with Crippen LogP contribution in [0.4, 0.5) is 11.8 Å². The van der Waals surface area contributed by atoms with E-state index in [0.29, 0.717) is 19.2 Å². The quantitative estimate of drug-likeness (QED) is 0.853. The number of nitrogens with zero attached hydrogens (tertiary/aromatic N) is 4. The standard InChI is InChI=1S/C15H23N5O2/c1-11-10-13(18-15(16)17-11)19-4-2-12(3-5-19)14(21)20-6-8-22-9-7-20/h10,12H,2-9H2,1H3,(H2,16,17,18). The molecule has 2 fully saturated rings. The molecule has 2 N–H and O–H groups in total. The third-order valence-corrected chi connectivity index (χ3v) is 4.35. The molecule has 0 spiro atoms. The van der Waals surface area contributed by atoms with Crippen LogP contribution in [0.1, 0.15) is 18.5 Å². The number of hydrogen-bond acceptors (Lipinski definition) is 6. The second kappa shape index (κ2) is 6.48. The molecule has 0 aromatic carbocycles. The average molecular weight is 305 g/mol. The van der Waals surface area contributed by atoms with Gasteiger partial charge in [-0.2, -0.15) is 4.98 Å². The summed E-state index contributed by atoms with van der Waals surface area (Å²) in [6.45, 7) is 6.33. The van der Waals surface area contributed by atoms with Crippen LogP contribution < -0.4 is 10.6 Å². The highest BCUT2D eigenvalue weighted by Crippen LogP contribution is 2.24. The van der Waals surface area contributed by atoms with Crippen LogP contribution in [0.5, 0.6) is 0 Å². The fourth-order valence-corrected chi connectivity index (χ4v) is 3.13. The molecule has 3 heterocycles. The van der Waals surface area contributed by atoms with E-state index in [1.54, 1.807) is 0 Å². The number of hydrogen-bond donors (Lipinski definition) is 1. The molecule has 1 aromatic heterocycles. The van der Waals surface area contributed by atoms with Gasteiger partial charge in [0.25, 0.3) is 0 Å². The van der Waals surface area contributed by atoms with Gasteiger partial charge in [0.2, 0.25) is 11.9 Å². The van der Waals surface area contributed by atoms with Crippen LogP contribution in [0.15, 0.2) is 6.07 Å². The maximum absolute atomic E-state index is 12.5. The highest BCUT2D eigenvalue weighted by Gasteiger charge is 2.29. The van der Waals surface area contributed by atoms with Crippen molar-refractivity contribution in [3.05, 3.63) is 11.8 Å². The van der Waals surface area contributed by atoms with Gasteiger partial charge in [-0.3, -0.25) is 4.79 Å². The van der Waals surface area contributed by atoms with Gasteiger partial charge in [-0.05, 0) is 19.8 Å². The van der Waals surface area contributed by atoms with E-state index in [-0.39, 0.29) is 11.8 Å². The fraction of sp³-hybridized carbons (Fsp3) is 0.667. The second-order valence-electron chi connectivity index (χ2n) is 5.92. The number of anilines is 2. The molecule has 0 saturated carbocycles. The molecule has 0 atom stereocenters. The molecule has 7 heteroatoms. The minimum atomic E-state index is 0.120. The first-order valence-corrected chi connectivity index (χ1v) is 7.86. The van der Waals surface area contributed by atoms with Crippen LogP contribution in [0.3, 0.4) is 0 Å². The lowest BCUT2D eigenvalue weighted by atomic mass is 9.95. The van der Waals surface area contributed by atoms with Gasteiger partial charge in [0.05, 0.1) is 13.2 Å². The normalized spacial score (nSPS) is 20.2. The third kappa shape index (κ3) is 3.30. The van der Waals surface area contributed by atoms with Crippen LogP contribution in [0.2, 0.25) is 0 Å². The topological polar surface area (TPSA) is 84.6 Å². The van der Waals surface area contributed by atoms with E-state index in [1.807, 2.05) is 17.9 Å². The molecular formula is C15H23N5O2. The van der Waals surface area contributed by atoms with Gasteiger partial charge in [0.15, 0.2) is 0 Å². The summed E-state index contributed by atoms with van der Waals surface area (Å²) in [5.74, 6) is 1.57. The number of amides is 1. The first-order chi connectivity index (χ1) is 10.6. The largest absolute Gasteiger partial charge is 0.378 e. The Morgan fingerprint density at radius 2 is 1.91 bits per heavy atom. The number of carbonyl (C=O) groups excluding carboxylic acids is 1. The van der Waals surface area contributed by atoms with Crippen molar-refractivity contribution in [2.45, 2.75) is 19.8 Å². The Bertz CT molecular complexity index is 516. The van der Waals surface area contributed by atoms with E-state index in [2.05, 4.69) is 14.9 Å². The summed E-state index contributed by atoms with van der Waals surface area (Å²) < 4.78 is 5.31. The highest BCUT2D eigenvalue weighted by atomic mass is 16.5. The van der Waals surface area contributed by atoms with Gasteiger partial charge in [-0.15, -0.1) is 0 Å². The minimum Gasteiger partial charge on any atom is -0.378 e. The lowest BCUT2D eigenvalue weighted by Gasteiger charge is -2.36. The number of morpholine rings is 1. The molecule has 0 radical (unpaired) electrons. The molecule has 22 heavy (non-hydrogen) atoms. The van der Waals surface area contributed by atoms with Gasteiger partial charge < -0.3 is 20.3 Å². The molecule has 1 aromatic rings. The van der Waals surface area contributed by atoms with Crippen molar-refractivity contribution in [2.75, 3.05) is 50.0 Å². The highest BCUT2D eigenvalue weighted by molar-refractivity contribution is 5.79. The summed E-state index contributed by atoms with van der Waals surface area (Å²) in [6.07, 6.45) is 1.72. The summed E-state index contributed by atoms with van der Waals surface area (Å²) in [7, 11) is 0. The predicted octanol–water partition coefficient (Wildman–Crippen LogP) is 0.442. The number of aryl methyl sites for hydroxylation is 1. The molecule has 0 unspecified atom stereocenters. The SMILES string of the molecule is Cc1cc(N2CCC(C(=O)N3CCOCC3)CC2)nc(N)n1. The minimum absolute atomic E-state index is 0.120. The van der Waals surface area contributed by atoms with E-state index in [9.17, 15) is 4.79 Å². The molecule has 2 saturated heterocycles. The average Bonchev–Trinajstić information content (AvgIpc) is 2.54. The summed E-state index contributed by atoms with van der Waals surface area (Å²) >= 11 is 0. The Kier molecular flexibility index (Phi) is 4.42. The van der Waals surface area contributed by atoms with Crippen molar-refractivity contribution in [1.29, 1.82) is 0 Å². The monoisotopic (exact) mass is 305 g/mol. The molecule has 7 nitrogen and oxygen atoms in total. The Balaban J connectivity index is 1.58. The van der Waals surface area contributed by atoms with Crippen LogP contribution in [0, 0.1) is 12.8 Å². The summed E-state index contributed by atoms with van der Waals surface area (Å²) in [6, 6.07) is 1.94. The van der Waals surface area contributed by atoms with E-state index in [1.165, 1.54) is 0 Å². The molecule has 0 aliphatic carbocycles. The smallest absolute Gasteiger partial charge is 0.225 e. The predicted molar refractivity (Wildman–Crippen MR) is 83.5 cm³/mol. The number of aromatic nitrogens is 2. The van der Waals surface area contributed by atoms with Crippen molar-refractivity contribution in [1.82, 2.24) is 14.9 Å². The van der Waals surface area contributed by atoms with Crippen molar-refractivity contribution >= 4 is 17.7 Å². The van der Waals surface area contributed by atoms with E-state index in [0.717, 1.165) is 50.5 Å². The number of nitrogens with two attached hydrogens (primary N) is 1. The Hall–Kier alpha value is -1.89. The zero-order valence-corrected chi connectivity index (χ0v) is 13.0. The molecule has 120 valence electrons. The zero-order valence-electron chi connectivity index (χ0n) is 13.0. The zero-order chi connectivity index (χ0) is 15.5. The number of rotatable bonds is 2. The lowest BCUT2D eigenvalue weighted by Crippen LogP contribution is -2.47. The number of nitrogen functional groups attached to an aromatic ring is 1. The van der Waals surface area contributed by atoms with Crippen molar-refractivity contribution in [3.63, 3.8) is 0 Å². The first-order valence-electron chi connectivity index (χ1n) is 7.86. The fourth-order valence-electron chi connectivity index (χ4n) is 3.13. The van der Waals surface area contributed by atoms with Gasteiger partial charge in [-0.1, -0.05) is 0 Å². The van der Waals surface area contributed by atoms with Crippen molar-refractivity contribution in [3.8, 4) is 0 Å². The molecular weight excluding hydrogens is 282 g/mol. The molecule has 1 amide bonds. The number of carbonyl (C=O) groups is 1. The summed E-state index contributed by atoms with van der Waals surface area (Å²) in [4.78, 5) is 25.0. The molecule has 2 aliphatic heterocycles. The van der Waals surface area contributed by atoms with Crippen LogP contribution in [-0.4, -0.2) is 60.2 Å². The Morgan fingerprint density at radius 1 is 1.23 bits per heavy atom. The van der Waals surface area contributed by atoms with Crippen molar-refractivity contribution < 1.29 is 9.53 Å². The van der Waals surface area contributed by atoms with Crippen LogP contribution in [-0.2, 0) is 9.53 Å². The maximum atomic E-state index is 12.5. The van der Waals surface area contributed by atoms with Crippen molar-refractivity contribution in [2.24, 2.45) is 5.92 Å². The van der Waals surface area contributed by atoms with Gasteiger partial charge in [-0.25, -0.2) is 4.98 Å². The Labute approximate surface area is 130 Å². The lowest BCUT2D eigenvalue weighted by molar-refractivity contribution is -0.140. The van der Waals surface area contributed by atoms with E-state index >= 15 is 0 Å². The van der Waals surface area contributed by atoms with Crippen LogP contribution in [0.25, 0.3) is 0 Å². The molecule has 0 bridgehead atoms.